The Labute approximate surface area is 568 Å². The van der Waals surface area contributed by atoms with Gasteiger partial charge in [-0.2, -0.15) is 0 Å². The molecular formula is C74H144O17P2. The van der Waals surface area contributed by atoms with E-state index in [2.05, 4.69) is 48.5 Å². The maximum absolute atomic E-state index is 13.1. The minimum absolute atomic E-state index is 0.104. The van der Waals surface area contributed by atoms with Gasteiger partial charge in [-0.15, -0.1) is 0 Å². The Hall–Kier alpha value is -1.94. The third-order valence-electron chi connectivity index (χ3n) is 17.5. The summed E-state index contributed by atoms with van der Waals surface area (Å²) in [5.74, 6) is 0.148. The van der Waals surface area contributed by atoms with Gasteiger partial charge >= 0.3 is 39.5 Å². The summed E-state index contributed by atoms with van der Waals surface area (Å²) < 4.78 is 68.4. The van der Waals surface area contributed by atoms with Gasteiger partial charge in [-0.1, -0.05) is 325 Å². The van der Waals surface area contributed by atoms with E-state index in [9.17, 15) is 43.2 Å². The number of ether oxygens (including phenoxy) is 4. The largest absolute Gasteiger partial charge is 0.472 e. The van der Waals surface area contributed by atoms with Crippen molar-refractivity contribution in [3.63, 3.8) is 0 Å². The molecule has 0 saturated heterocycles. The Morgan fingerprint density at radius 1 is 0.312 bits per heavy atom. The summed E-state index contributed by atoms with van der Waals surface area (Å²) in [6.07, 6.45) is 49.9. The van der Waals surface area contributed by atoms with E-state index in [0.29, 0.717) is 31.6 Å². The lowest BCUT2D eigenvalue weighted by Gasteiger charge is -2.21. The Kier molecular flexibility index (Phi) is 63.4. The average Bonchev–Trinajstić information content (AvgIpc) is 1.96. The lowest BCUT2D eigenvalue weighted by Crippen LogP contribution is -2.30. The number of esters is 4. The number of aliphatic hydroxyl groups is 1. The van der Waals surface area contributed by atoms with Crippen LogP contribution in [0, 0.1) is 17.8 Å². The molecule has 6 atom stereocenters. The highest BCUT2D eigenvalue weighted by Gasteiger charge is 2.30. The number of carbonyl (C=O) groups excluding carboxylic acids is 4. The van der Waals surface area contributed by atoms with E-state index in [1.807, 2.05) is 0 Å². The van der Waals surface area contributed by atoms with Gasteiger partial charge in [0.25, 0.3) is 0 Å². The third kappa shape index (κ3) is 67.0. The molecule has 0 aromatic rings. The van der Waals surface area contributed by atoms with Crippen molar-refractivity contribution in [1.29, 1.82) is 0 Å². The zero-order valence-corrected chi connectivity index (χ0v) is 62.5. The zero-order chi connectivity index (χ0) is 68.7. The molecule has 0 radical (unpaired) electrons. The van der Waals surface area contributed by atoms with Crippen LogP contribution in [-0.2, 0) is 65.4 Å². The van der Waals surface area contributed by atoms with Crippen molar-refractivity contribution in [2.75, 3.05) is 39.6 Å². The molecule has 3 N–H and O–H groups in total. The Morgan fingerprint density at radius 2 is 0.548 bits per heavy atom. The fraction of sp³-hybridized carbons (Fsp3) is 0.946. The predicted molar refractivity (Wildman–Crippen MR) is 377 cm³/mol. The number of aliphatic hydroxyl groups excluding tert-OH is 1. The zero-order valence-electron chi connectivity index (χ0n) is 60.7. The standard InChI is InChI=1S/C74H144O17P2/c1-8-10-11-12-13-14-15-16-20-23-26-34-41-48-55-71(76)84-61-69(90-73(78)57-50-43-35-27-24-21-18-17-19-22-25-31-38-45-52-65(3)4)63-88-92(80,81)86-59-68(75)60-87-93(82,83)89-64-70(62-85-72(77)56-49-42-37-30-32-39-46-53-66(5)6)91-74(79)58-51-44-36-29-28-33-40-47-54-67(7)9-2/h65-70,75H,8-64H2,1-7H3,(H,80,81)(H,82,83)/t67?,68-,69-,70-/m1/s1. The van der Waals surface area contributed by atoms with E-state index in [1.54, 1.807) is 0 Å². The van der Waals surface area contributed by atoms with Gasteiger partial charge in [0.15, 0.2) is 12.2 Å². The lowest BCUT2D eigenvalue weighted by atomic mass is 9.99. The molecule has 93 heavy (non-hydrogen) atoms. The fourth-order valence-corrected chi connectivity index (χ4v) is 12.8. The van der Waals surface area contributed by atoms with Crippen molar-refractivity contribution in [3.8, 4) is 0 Å². The minimum Gasteiger partial charge on any atom is -0.462 e. The Balaban J connectivity index is 5.25. The predicted octanol–water partition coefficient (Wildman–Crippen LogP) is 21.4. The van der Waals surface area contributed by atoms with Crippen molar-refractivity contribution in [1.82, 2.24) is 0 Å². The first-order chi connectivity index (χ1) is 44.8. The number of unbranched alkanes of at least 4 members (excludes halogenated alkanes) is 39. The molecule has 0 spiro atoms. The van der Waals surface area contributed by atoms with Crippen LogP contribution >= 0.6 is 15.6 Å². The van der Waals surface area contributed by atoms with Crippen molar-refractivity contribution < 1.29 is 80.2 Å². The van der Waals surface area contributed by atoms with Gasteiger partial charge in [-0.05, 0) is 43.4 Å². The SMILES string of the molecule is CCCCCCCCCCCCCCCCC(=O)OC[C@H](COP(=O)(O)OC[C@@H](O)COP(=O)(O)OC[C@@H](COC(=O)CCCCCCCCCC(C)C)OC(=O)CCCCCCCCCCC(C)CC)OC(=O)CCCCCCCCCCCCCCCCC(C)C. The average molecular weight is 1370 g/mol. The summed E-state index contributed by atoms with van der Waals surface area (Å²) >= 11 is 0. The van der Waals surface area contributed by atoms with Crippen molar-refractivity contribution in [2.24, 2.45) is 17.8 Å². The van der Waals surface area contributed by atoms with Crippen molar-refractivity contribution in [2.45, 2.75) is 394 Å². The van der Waals surface area contributed by atoms with Crippen LogP contribution in [0.3, 0.4) is 0 Å². The molecule has 19 heteroatoms. The van der Waals surface area contributed by atoms with E-state index in [4.69, 9.17) is 37.0 Å². The second-order valence-corrected chi connectivity index (χ2v) is 30.8. The quantitative estimate of drug-likeness (QED) is 0.0222. The Bertz CT molecular complexity index is 1820. The summed E-state index contributed by atoms with van der Waals surface area (Å²) in [6, 6.07) is 0. The first-order valence-electron chi connectivity index (χ1n) is 38.4. The van der Waals surface area contributed by atoms with Gasteiger partial charge < -0.3 is 33.8 Å². The van der Waals surface area contributed by atoms with E-state index in [1.165, 1.54) is 180 Å². The summed E-state index contributed by atoms with van der Waals surface area (Å²) in [6.45, 7) is 11.8. The van der Waals surface area contributed by atoms with Crippen LogP contribution in [0.25, 0.3) is 0 Å². The second kappa shape index (κ2) is 64.7. The van der Waals surface area contributed by atoms with Gasteiger partial charge in [0, 0.05) is 25.7 Å². The molecule has 0 amide bonds. The van der Waals surface area contributed by atoms with Crippen LogP contribution < -0.4 is 0 Å². The minimum atomic E-state index is -4.96. The van der Waals surface area contributed by atoms with E-state index in [0.717, 1.165) is 108 Å². The molecule has 0 aliphatic carbocycles. The van der Waals surface area contributed by atoms with Crippen LogP contribution in [0.4, 0.5) is 0 Å². The van der Waals surface area contributed by atoms with E-state index < -0.39 is 97.5 Å². The first-order valence-corrected chi connectivity index (χ1v) is 41.4. The van der Waals surface area contributed by atoms with Crippen molar-refractivity contribution in [3.05, 3.63) is 0 Å². The lowest BCUT2D eigenvalue weighted by molar-refractivity contribution is -0.161. The molecule has 3 unspecified atom stereocenters. The monoisotopic (exact) mass is 1370 g/mol. The number of hydrogen-bond acceptors (Lipinski definition) is 15. The van der Waals surface area contributed by atoms with E-state index >= 15 is 0 Å². The third-order valence-corrected chi connectivity index (χ3v) is 19.4. The van der Waals surface area contributed by atoms with Crippen LogP contribution in [0.15, 0.2) is 0 Å². The number of rotatable bonds is 72. The summed E-state index contributed by atoms with van der Waals surface area (Å²) in [7, 11) is -9.91. The van der Waals surface area contributed by atoms with Gasteiger partial charge in [-0.25, -0.2) is 9.13 Å². The van der Waals surface area contributed by atoms with Crippen LogP contribution in [-0.4, -0.2) is 96.7 Å². The highest BCUT2D eigenvalue weighted by Crippen LogP contribution is 2.45. The maximum atomic E-state index is 13.1. The molecule has 0 fully saturated rings. The normalized spacial score (nSPS) is 14.4. The topological polar surface area (TPSA) is 237 Å². The summed E-state index contributed by atoms with van der Waals surface area (Å²) in [4.78, 5) is 72.7. The number of carbonyl (C=O) groups is 4. The smallest absolute Gasteiger partial charge is 0.462 e. The van der Waals surface area contributed by atoms with Crippen LogP contribution in [0.5, 0.6) is 0 Å². The fourth-order valence-electron chi connectivity index (χ4n) is 11.2. The molecule has 0 bridgehead atoms. The van der Waals surface area contributed by atoms with E-state index in [-0.39, 0.29) is 25.7 Å². The second-order valence-electron chi connectivity index (χ2n) is 27.9. The number of phosphoric ester groups is 2. The molecule has 0 saturated carbocycles. The van der Waals surface area contributed by atoms with Gasteiger partial charge in [0.05, 0.1) is 26.4 Å². The van der Waals surface area contributed by atoms with Gasteiger partial charge in [-0.3, -0.25) is 37.3 Å². The number of phosphoric acid groups is 2. The highest BCUT2D eigenvalue weighted by atomic mass is 31.2. The van der Waals surface area contributed by atoms with Gasteiger partial charge in [0.2, 0.25) is 0 Å². The summed E-state index contributed by atoms with van der Waals surface area (Å²) in [5.41, 5.74) is 0. The van der Waals surface area contributed by atoms with Gasteiger partial charge in [0.1, 0.15) is 19.3 Å². The molecule has 0 aromatic carbocycles. The molecule has 17 nitrogen and oxygen atoms in total. The highest BCUT2D eigenvalue weighted by molar-refractivity contribution is 7.47. The first kappa shape index (κ1) is 91.1. The van der Waals surface area contributed by atoms with Crippen LogP contribution in [0.2, 0.25) is 0 Å². The van der Waals surface area contributed by atoms with Crippen LogP contribution in [0.1, 0.15) is 376 Å². The molecule has 0 aromatic heterocycles. The molecule has 0 rings (SSSR count). The molecule has 0 aliphatic heterocycles. The maximum Gasteiger partial charge on any atom is 0.472 e. The molecular weight excluding hydrogens is 1220 g/mol. The molecule has 552 valence electrons. The molecule has 0 aliphatic rings. The van der Waals surface area contributed by atoms with Crippen molar-refractivity contribution >= 4 is 39.5 Å². The Morgan fingerprint density at radius 3 is 0.817 bits per heavy atom. The molecule has 0 heterocycles. The summed E-state index contributed by atoms with van der Waals surface area (Å²) in [5, 5.41) is 10.6. The number of hydrogen-bond donors (Lipinski definition) is 3.